The van der Waals surface area contributed by atoms with Gasteiger partial charge in [0.2, 0.25) is 0 Å². The average Bonchev–Trinajstić information content (AvgIpc) is 3.00. The van der Waals surface area contributed by atoms with Crippen molar-refractivity contribution in [1.82, 2.24) is 9.78 Å². The maximum absolute atomic E-state index is 11.4. The molecule has 0 radical (unpaired) electrons. The van der Waals surface area contributed by atoms with Crippen LogP contribution in [-0.4, -0.2) is 30.2 Å². The van der Waals surface area contributed by atoms with Crippen LogP contribution in [0.3, 0.4) is 0 Å². The van der Waals surface area contributed by atoms with Crippen LogP contribution in [0.4, 0.5) is 5.69 Å². The highest BCUT2D eigenvalue weighted by Crippen LogP contribution is 2.24. The quantitative estimate of drug-likeness (QED) is 0.691. The van der Waals surface area contributed by atoms with E-state index in [9.17, 15) is 4.79 Å². The van der Waals surface area contributed by atoms with Crippen molar-refractivity contribution in [3.05, 3.63) is 66.4 Å². The molecule has 110 valence electrons. The highest BCUT2D eigenvalue weighted by atomic mass is 16.1. The lowest BCUT2D eigenvalue weighted by molar-refractivity contribution is 0.112. The van der Waals surface area contributed by atoms with Gasteiger partial charge in [0.05, 0.1) is 11.3 Å². The van der Waals surface area contributed by atoms with Gasteiger partial charge >= 0.3 is 0 Å². The molecule has 0 aliphatic rings. The lowest BCUT2D eigenvalue weighted by Gasteiger charge is -2.12. The fourth-order valence-corrected chi connectivity index (χ4v) is 2.33. The van der Waals surface area contributed by atoms with E-state index in [0.29, 0.717) is 11.3 Å². The number of anilines is 1. The zero-order chi connectivity index (χ0) is 15.5. The summed E-state index contributed by atoms with van der Waals surface area (Å²) >= 11 is 0. The highest BCUT2D eigenvalue weighted by Gasteiger charge is 2.11. The number of carbonyl (C=O) groups excluding carboxylic acids is 1. The van der Waals surface area contributed by atoms with E-state index in [1.54, 1.807) is 10.9 Å². The summed E-state index contributed by atoms with van der Waals surface area (Å²) < 4.78 is 1.74. The number of carbonyl (C=O) groups is 1. The molecular formula is C18H17N3O. The zero-order valence-electron chi connectivity index (χ0n) is 12.6. The summed E-state index contributed by atoms with van der Waals surface area (Å²) in [6.07, 6.45) is 2.61. The summed E-state index contributed by atoms with van der Waals surface area (Å²) in [6, 6.07) is 17.8. The van der Waals surface area contributed by atoms with Gasteiger partial charge in [-0.3, -0.25) is 4.79 Å². The molecule has 0 saturated heterocycles. The molecule has 0 saturated carbocycles. The molecule has 22 heavy (non-hydrogen) atoms. The molecule has 1 heterocycles. The molecule has 0 spiro atoms. The van der Waals surface area contributed by atoms with E-state index in [4.69, 9.17) is 0 Å². The summed E-state index contributed by atoms with van der Waals surface area (Å²) in [5.41, 5.74) is 4.26. The fraction of sp³-hybridized carbons (Fsp3) is 0.111. The average molecular weight is 291 g/mol. The lowest BCUT2D eigenvalue weighted by Crippen LogP contribution is -2.07. The van der Waals surface area contributed by atoms with Gasteiger partial charge < -0.3 is 4.90 Å². The van der Waals surface area contributed by atoms with Crippen LogP contribution in [0.15, 0.2) is 60.8 Å². The van der Waals surface area contributed by atoms with Gasteiger partial charge in [-0.1, -0.05) is 30.3 Å². The first-order valence-electron chi connectivity index (χ1n) is 7.07. The fourth-order valence-electron chi connectivity index (χ4n) is 2.33. The van der Waals surface area contributed by atoms with Crippen LogP contribution in [0.5, 0.6) is 0 Å². The van der Waals surface area contributed by atoms with Crippen LogP contribution in [0, 0.1) is 0 Å². The summed E-state index contributed by atoms with van der Waals surface area (Å²) in [6.45, 7) is 0. The molecule has 0 N–H and O–H groups in total. The third-order valence-corrected chi connectivity index (χ3v) is 3.55. The second-order valence-electron chi connectivity index (χ2n) is 5.27. The molecule has 3 aromatic rings. The Hall–Kier alpha value is -2.88. The van der Waals surface area contributed by atoms with E-state index in [-0.39, 0.29) is 0 Å². The third-order valence-electron chi connectivity index (χ3n) is 3.55. The molecule has 0 amide bonds. The van der Waals surface area contributed by atoms with Crippen molar-refractivity contribution in [2.24, 2.45) is 0 Å². The Morgan fingerprint density at radius 1 is 1.00 bits per heavy atom. The minimum Gasteiger partial charge on any atom is -0.378 e. The number of aldehydes is 1. The van der Waals surface area contributed by atoms with Crippen LogP contribution in [-0.2, 0) is 0 Å². The largest absolute Gasteiger partial charge is 0.378 e. The molecule has 1 aromatic heterocycles. The molecule has 0 atom stereocenters. The zero-order valence-corrected chi connectivity index (χ0v) is 12.6. The minimum atomic E-state index is 0.585. The topological polar surface area (TPSA) is 38.1 Å². The number of aromatic nitrogens is 2. The molecule has 4 nitrogen and oxygen atoms in total. The van der Waals surface area contributed by atoms with E-state index in [1.165, 1.54) is 0 Å². The van der Waals surface area contributed by atoms with Gasteiger partial charge in [-0.25, -0.2) is 4.68 Å². The molecule has 0 fully saturated rings. The van der Waals surface area contributed by atoms with Crippen molar-refractivity contribution in [2.45, 2.75) is 0 Å². The van der Waals surface area contributed by atoms with Crippen LogP contribution >= 0.6 is 0 Å². The smallest absolute Gasteiger partial charge is 0.153 e. The Morgan fingerprint density at radius 3 is 2.27 bits per heavy atom. The Balaban J connectivity index is 2.03. The van der Waals surface area contributed by atoms with Gasteiger partial charge in [0.15, 0.2) is 6.29 Å². The van der Waals surface area contributed by atoms with Gasteiger partial charge in [0.25, 0.3) is 0 Å². The molecule has 0 aliphatic heterocycles. The van der Waals surface area contributed by atoms with Gasteiger partial charge in [0.1, 0.15) is 5.69 Å². The molecule has 0 bridgehead atoms. The number of hydrogen-bond donors (Lipinski definition) is 0. The Kier molecular flexibility index (Phi) is 3.74. The number of benzene rings is 2. The predicted octanol–water partition coefficient (Wildman–Crippen LogP) is 3.42. The van der Waals surface area contributed by atoms with E-state index >= 15 is 0 Å². The number of para-hydroxylation sites is 1. The summed E-state index contributed by atoms with van der Waals surface area (Å²) in [4.78, 5) is 13.4. The van der Waals surface area contributed by atoms with E-state index < -0.39 is 0 Å². The molecule has 3 rings (SSSR count). The van der Waals surface area contributed by atoms with Crippen molar-refractivity contribution >= 4 is 12.0 Å². The first-order chi connectivity index (χ1) is 10.7. The molecule has 0 unspecified atom stereocenters. The summed E-state index contributed by atoms with van der Waals surface area (Å²) in [5, 5.41) is 4.57. The maximum atomic E-state index is 11.4. The number of hydrogen-bond acceptors (Lipinski definition) is 3. The van der Waals surface area contributed by atoms with E-state index in [0.717, 1.165) is 23.2 Å². The first kappa shape index (κ1) is 14.1. The van der Waals surface area contributed by atoms with Gasteiger partial charge in [0, 0.05) is 31.5 Å². The molecular weight excluding hydrogens is 274 g/mol. The van der Waals surface area contributed by atoms with Gasteiger partial charge in [-0.15, -0.1) is 0 Å². The molecule has 4 heteroatoms. The second-order valence-corrected chi connectivity index (χ2v) is 5.27. The second kappa shape index (κ2) is 5.85. The van der Waals surface area contributed by atoms with Gasteiger partial charge in [-0.2, -0.15) is 5.10 Å². The van der Waals surface area contributed by atoms with Crippen LogP contribution in [0.25, 0.3) is 16.9 Å². The number of nitrogens with zero attached hydrogens (tertiary/aromatic N) is 3. The normalized spacial score (nSPS) is 10.5. The van der Waals surface area contributed by atoms with Crippen molar-refractivity contribution in [3.8, 4) is 16.9 Å². The first-order valence-corrected chi connectivity index (χ1v) is 7.07. The predicted molar refractivity (Wildman–Crippen MR) is 88.7 cm³/mol. The van der Waals surface area contributed by atoms with Crippen LogP contribution in [0.1, 0.15) is 10.4 Å². The summed E-state index contributed by atoms with van der Waals surface area (Å²) in [5.74, 6) is 0. The third kappa shape index (κ3) is 2.63. The summed E-state index contributed by atoms with van der Waals surface area (Å²) in [7, 11) is 3.99. The lowest BCUT2D eigenvalue weighted by atomic mass is 10.1. The minimum absolute atomic E-state index is 0.585. The number of rotatable bonds is 4. The monoisotopic (exact) mass is 291 g/mol. The van der Waals surface area contributed by atoms with E-state index in [2.05, 4.69) is 5.10 Å². The van der Waals surface area contributed by atoms with Crippen molar-refractivity contribution < 1.29 is 4.79 Å². The van der Waals surface area contributed by atoms with Crippen LogP contribution < -0.4 is 4.90 Å². The van der Waals surface area contributed by atoms with Crippen LogP contribution in [0.2, 0.25) is 0 Å². The highest BCUT2D eigenvalue weighted by molar-refractivity contribution is 5.85. The van der Waals surface area contributed by atoms with Crippen molar-refractivity contribution in [2.75, 3.05) is 19.0 Å². The Labute approximate surface area is 129 Å². The Morgan fingerprint density at radius 2 is 1.68 bits per heavy atom. The Bertz CT molecular complexity index is 774. The molecule has 2 aromatic carbocycles. The van der Waals surface area contributed by atoms with Crippen molar-refractivity contribution in [3.63, 3.8) is 0 Å². The standard InChI is InChI=1S/C18H17N3O/c1-20(2)16-10-8-14(9-11-16)18-15(13-22)12-21(19-18)17-6-4-3-5-7-17/h3-13H,1-2H3. The maximum Gasteiger partial charge on any atom is 0.153 e. The molecule has 0 aliphatic carbocycles. The van der Waals surface area contributed by atoms with Gasteiger partial charge in [-0.05, 0) is 24.3 Å². The van der Waals surface area contributed by atoms with Crippen molar-refractivity contribution in [1.29, 1.82) is 0 Å². The SMILES string of the molecule is CN(C)c1ccc(-c2nn(-c3ccccc3)cc2C=O)cc1. The van der Waals surface area contributed by atoms with E-state index in [1.807, 2.05) is 73.6 Å².